The number of aromatic nitrogens is 2. The second-order valence-corrected chi connectivity index (χ2v) is 4.36. The molecular weight excluding hydrogens is 232 g/mol. The molecule has 0 saturated heterocycles. The summed E-state index contributed by atoms with van der Waals surface area (Å²) in [7, 11) is 1.78. The van der Waals surface area contributed by atoms with Crippen LogP contribution in [0.25, 0.3) is 0 Å². The van der Waals surface area contributed by atoms with Crippen molar-refractivity contribution in [2.24, 2.45) is 0 Å². The van der Waals surface area contributed by atoms with Gasteiger partial charge in [0, 0.05) is 36.9 Å². The first kappa shape index (κ1) is 12.1. The number of thioether (sulfide) groups is 1. The summed E-state index contributed by atoms with van der Waals surface area (Å²) in [4.78, 5) is 10.8. The van der Waals surface area contributed by atoms with E-state index in [2.05, 4.69) is 20.8 Å². The van der Waals surface area contributed by atoms with Crippen molar-refractivity contribution in [3.63, 3.8) is 0 Å². The minimum Gasteiger partial charge on any atom is -0.366 e. The molecule has 1 heterocycles. The SMILES string of the molecule is CNC(=S)NCCSCc1cc(=O)[nH][nH]1. The van der Waals surface area contributed by atoms with Crippen LogP contribution in [0, 0.1) is 0 Å². The van der Waals surface area contributed by atoms with Crippen LogP contribution in [0.3, 0.4) is 0 Å². The van der Waals surface area contributed by atoms with Crippen LogP contribution >= 0.6 is 24.0 Å². The summed E-state index contributed by atoms with van der Waals surface area (Å²) in [6, 6.07) is 1.57. The van der Waals surface area contributed by atoms with Crippen LogP contribution in [0.15, 0.2) is 10.9 Å². The Balaban J connectivity index is 2.07. The molecule has 84 valence electrons. The molecule has 0 aliphatic carbocycles. The molecule has 4 N–H and O–H groups in total. The number of thiocarbonyl (C=S) groups is 1. The maximum Gasteiger partial charge on any atom is 0.264 e. The summed E-state index contributed by atoms with van der Waals surface area (Å²) in [6.07, 6.45) is 0. The lowest BCUT2D eigenvalue weighted by atomic mass is 10.5. The lowest BCUT2D eigenvalue weighted by Gasteiger charge is -2.05. The van der Waals surface area contributed by atoms with Gasteiger partial charge in [-0.1, -0.05) is 0 Å². The molecule has 0 aliphatic heterocycles. The van der Waals surface area contributed by atoms with Gasteiger partial charge in [0.25, 0.3) is 5.56 Å². The van der Waals surface area contributed by atoms with Gasteiger partial charge in [-0.15, -0.1) is 0 Å². The molecule has 0 radical (unpaired) electrons. The van der Waals surface area contributed by atoms with Crippen LogP contribution in [-0.2, 0) is 5.75 Å². The highest BCUT2D eigenvalue weighted by Gasteiger charge is 1.96. The topological polar surface area (TPSA) is 72.7 Å². The van der Waals surface area contributed by atoms with E-state index in [9.17, 15) is 4.79 Å². The second-order valence-electron chi connectivity index (χ2n) is 2.84. The smallest absolute Gasteiger partial charge is 0.264 e. The van der Waals surface area contributed by atoms with Crippen molar-refractivity contribution >= 4 is 29.1 Å². The Hall–Kier alpha value is -0.950. The van der Waals surface area contributed by atoms with Crippen molar-refractivity contribution in [2.45, 2.75) is 5.75 Å². The minimum atomic E-state index is -0.0833. The Kier molecular flexibility index (Phi) is 5.27. The van der Waals surface area contributed by atoms with E-state index < -0.39 is 0 Å². The highest BCUT2D eigenvalue weighted by atomic mass is 32.2. The molecular formula is C8H14N4OS2. The maximum atomic E-state index is 10.8. The fraction of sp³-hybridized carbons (Fsp3) is 0.500. The quantitative estimate of drug-likeness (QED) is 0.436. The Morgan fingerprint density at radius 2 is 2.40 bits per heavy atom. The van der Waals surface area contributed by atoms with Gasteiger partial charge in [-0.2, -0.15) is 11.8 Å². The summed E-state index contributed by atoms with van der Waals surface area (Å²) in [5.74, 6) is 1.74. The molecule has 15 heavy (non-hydrogen) atoms. The van der Waals surface area contributed by atoms with Gasteiger partial charge in [-0.05, 0) is 12.2 Å². The summed E-state index contributed by atoms with van der Waals surface area (Å²) < 4.78 is 0. The average Bonchev–Trinajstić information content (AvgIpc) is 2.63. The van der Waals surface area contributed by atoms with Gasteiger partial charge in [-0.3, -0.25) is 9.89 Å². The highest BCUT2D eigenvalue weighted by molar-refractivity contribution is 7.98. The Labute approximate surface area is 97.4 Å². The maximum absolute atomic E-state index is 10.8. The van der Waals surface area contributed by atoms with Crippen LogP contribution in [-0.4, -0.2) is 34.7 Å². The monoisotopic (exact) mass is 246 g/mol. The average molecular weight is 246 g/mol. The van der Waals surface area contributed by atoms with E-state index in [-0.39, 0.29) is 5.56 Å². The predicted molar refractivity (Wildman–Crippen MR) is 67.2 cm³/mol. The lowest BCUT2D eigenvalue weighted by Crippen LogP contribution is -2.33. The number of H-pyrrole nitrogens is 2. The molecule has 0 aliphatic rings. The third-order valence-corrected chi connectivity index (χ3v) is 3.02. The zero-order valence-electron chi connectivity index (χ0n) is 8.42. The van der Waals surface area contributed by atoms with Crippen LogP contribution in [0.1, 0.15) is 5.69 Å². The molecule has 1 rings (SSSR count). The number of aromatic amines is 2. The largest absolute Gasteiger partial charge is 0.366 e. The van der Waals surface area contributed by atoms with E-state index >= 15 is 0 Å². The van der Waals surface area contributed by atoms with Crippen molar-refractivity contribution in [3.05, 3.63) is 22.1 Å². The third-order valence-electron chi connectivity index (χ3n) is 1.67. The van der Waals surface area contributed by atoms with E-state index in [0.29, 0.717) is 5.11 Å². The molecule has 0 unspecified atom stereocenters. The van der Waals surface area contributed by atoms with E-state index in [1.165, 1.54) is 0 Å². The van der Waals surface area contributed by atoms with Gasteiger partial charge in [0.1, 0.15) is 0 Å². The van der Waals surface area contributed by atoms with Gasteiger partial charge in [-0.25, -0.2) is 0 Å². The standard InChI is InChI=1S/C8H14N4OS2/c1-9-8(14)10-2-3-15-5-6-4-7(13)12-11-6/h4H,2-3,5H2,1H3,(H2,9,10,14)(H2,11,12,13). The first-order chi connectivity index (χ1) is 7.22. The minimum absolute atomic E-state index is 0.0833. The molecule has 0 bridgehead atoms. The summed E-state index contributed by atoms with van der Waals surface area (Å²) in [5, 5.41) is 11.8. The fourth-order valence-corrected chi connectivity index (χ4v) is 1.83. The van der Waals surface area contributed by atoms with Crippen molar-refractivity contribution < 1.29 is 0 Å². The summed E-state index contributed by atoms with van der Waals surface area (Å²) in [6.45, 7) is 0.818. The van der Waals surface area contributed by atoms with Crippen LogP contribution in [0.2, 0.25) is 0 Å². The van der Waals surface area contributed by atoms with Gasteiger partial charge < -0.3 is 15.7 Å². The van der Waals surface area contributed by atoms with Crippen molar-refractivity contribution in [2.75, 3.05) is 19.3 Å². The Bertz CT molecular complexity index is 360. The first-order valence-electron chi connectivity index (χ1n) is 4.52. The molecule has 0 atom stereocenters. The van der Waals surface area contributed by atoms with Crippen LogP contribution in [0.5, 0.6) is 0 Å². The Morgan fingerprint density at radius 1 is 1.60 bits per heavy atom. The van der Waals surface area contributed by atoms with E-state index in [4.69, 9.17) is 12.2 Å². The lowest BCUT2D eigenvalue weighted by molar-refractivity contribution is 0.942. The summed E-state index contributed by atoms with van der Waals surface area (Å²) in [5.41, 5.74) is 0.835. The normalized spacial score (nSPS) is 9.93. The van der Waals surface area contributed by atoms with Crippen molar-refractivity contribution in [1.29, 1.82) is 0 Å². The zero-order valence-corrected chi connectivity index (χ0v) is 10.1. The fourth-order valence-electron chi connectivity index (χ4n) is 0.957. The molecule has 0 aromatic carbocycles. The molecule has 0 fully saturated rings. The van der Waals surface area contributed by atoms with E-state index in [1.807, 2.05) is 0 Å². The predicted octanol–water partition coefficient (Wildman–Crippen LogP) is 0.0301. The van der Waals surface area contributed by atoms with Crippen LogP contribution in [0.4, 0.5) is 0 Å². The van der Waals surface area contributed by atoms with E-state index in [1.54, 1.807) is 24.9 Å². The molecule has 5 nitrogen and oxygen atoms in total. The molecule has 0 saturated carbocycles. The van der Waals surface area contributed by atoms with Crippen molar-refractivity contribution in [3.8, 4) is 0 Å². The van der Waals surface area contributed by atoms with E-state index in [0.717, 1.165) is 23.7 Å². The second kappa shape index (κ2) is 6.52. The van der Waals surface area contributed by atoms with Gasteiger partial charge in [0.05, 0.1) is 0 Å². The number of hydrogen-bond acceptors (Lipinski definition) is 3. The number of rotatable bonds is 5. The van der Waals surface area contributed by atoms with Crippen molar-refractivity contribution in [1.82, 2.24) is 20.8 Å². The number of hydrogen-bond donors (Lipinski definition) is 4. The molecule has 0 spiro atoms. The van der Waals surface area contributed by atoms with Gasteiger partial charge >= 0.3 is 0 Å². The molecule has 7 heteroatoms. The van der Waals surface area contributed by atoms with Gasteiger partial charge in [0.15, 0.2) is 5.11 Å². The zero-order chi connectivity index (χ0) is 11.1. The highest BCUT2D eigenvalue weighted by Crippen LogP contribution is 2.06. The van der Waals surface area contributed by atoms with Gasteiger partial charge in [0.2, 0.25) is 0 Å². The third kappa shape index (κ3) is 4.89. The molecule has 1 aromatic rings. The molecule has 1 aromatic heterocycles. The first-order valence-corrected chi connectivity index (χ1v) is 6.08. The number of nitrogens with one attached hydrogen (secondary N) is 4. The summed E-state index contributed by atoms with van der Waals surface area (Å²) >= 11 is 6.65. The molecule has 0 amide bonds. The van der Waals surface area contributed by atoms with Crippen LogP contribution < -0.4 is 16.2 Å². The Morgan fingerprint density at radius 3 is 3.00 bits per heavy atom.